The first-order valence-corrected chi connectivity index (χ1v) is 8.33. The standard InChI is InChI=1S/C17H20F3N3O4.ClH/c1-3-6-22(9-15(25)26)10(2)16(27)23-8-14(24)21-12-7-11(17(18,19)20)4-5-13(12)23;/h4-5,7,10H,3,6,8-9H2,1-2H3,(H,21,24)(H,25,26);1H. The van der Waals surface area contributed by atoms with E-state index in [1.165, 1.54) is 11.8 Å². The number of anilines is 2. The smallest absolute Gasteiger partial charge is 0.416 e. The number of amides is 2. The van der Waals surface area contributed by atoms with Crippen LogP contribution in [-0.2, 0) is 20.6 Å². The van der Waals surface area contributed by atoms with Gasteiger partial charge in [0.1, 0.15) is 6.54 Å². The Hall–Kier alpha value is -2.33. The van der Waals surface area contributed by atoms with Crippen LogP contribution in [0.2, 0.25) is 0 Å². The number of rotatable bonds is 6. The molecule has 0 saturated carbocycles. The molecule has 1 heterocycles. The average Bonchev–Trinajstić information content (AvgIpc) is 2.57. The molecule has 11 heteroatoms. The summed E-state index contributed by atoms with van der Waals surface area (Å²) in [6.07, 6.45) is -3.98. The van der Waals surface area contributed by atoms with Crippen molar-refractivity contribution >= 4 is 41.6 Å². The first-order valence-electron chi connectivity index (χ1n) is 8.33. The summed E-state index contributed by atoms with van der Waals surface area (Å²) in [5, 5.41) is 11.4. The number of nitrogens with zero attached hydrogens (tertiary/aromatic N) is 2. The SMILES string of the molecule is CCCN(CC(=O)O)C(C)C(=O)N1CC(=O)Nc2cc(C(F)(F)F)ccc21.Cl. The summed E-state index contributed by atoms with van der Waals surface area (Å²) in [4.78, 5) is 38.3. The molecule has 1 aliphatic rings. The van der Waals surface area contributed by atoms with Gasteiger partial charge in [-0.15, -0.1) is 12.4 Å². The van der Waals surface area contributed by atoms with Crippen molar-refractivity contribution in [2.75, 3.05) is 29.9 Å². The van der Waals surface area contributed by atoms with Crippen LogP contribution in [0.1, 0.15) is 25.8 Å². The molecule has 7 nitrogen and oxygen atoms in total. The number of carboxylic acids is 1. The van der Waals surface area contributed by atoms with Gasteiger partial charge in [0.2, 0.25) is 11.8 Å². The first-order chi connectivity index (χ1) is 12.5. The van der Waals surface area contributed by atoms with Gasteiger partial charge < -0.3 is 10.4 Å². The van der Waals surface area contributed by atoms with Crippen LogP contribution in [0.25, 0.3) is 0 Å². The van der Waals surface area contributed by atoms with Crippen LogP contribution in [0.15, 0.2) is 18.2 Å². The number of benzene rings is 1. The molecule has 0 bridgehead atoms. The highest BCUT2D eigenvalue weighted by Crippen LogP contribution is 2.37. The van der Waals surface area contributed by atoms with Crippen molar-refractivity contribution in [3.05, 3.63) is 23.8 Å². The topological polar surface area (TPSA) is 90.0 Å². The summed E-state index contributed by atoms with van der Waals surface area (Å²) in [6.45, 7) is 2.97. The van der Waals surface area contributed by atoms with Crippen LogP contribution in [-0.4, -0.2) is 53.5 Å². The van der Waals surface area contributed by atoms with Crippen molar-refractivity contribution in [1.29, 1.82) is 0 Å². The molecule has 1 aromatic rings. The van der Waals surface area contributed by atoms with E-state index in [4.69, 9.17) is 5.11 Å². The average molecular weight is 424 g/mol. The van der Waals surface area contributed by atoms with Crippen molar-refractivity contribution in [2.45, 2.75) is 32.5 Å². The van der Waals surface area contributed by atoms with Crippen LogP contribution in [0.5, 0.6) is 0 Å². The lowest BCUT2D eigenvalue weighted by Gasteiger charge is -2.34. The third-order valence-electron chi connectivity index (χ3n) is 4.21. The second-order valence-electron chi connectivity index (χ2n) is 6.24. The van der Waals surface area contributed by atoms with Gasteiger partial charge in [-0.1, -0.05) is 6.92 Å². The third kappa shape index (κ3) is 5.35. The zero-order valence-electron chi connectivity index (χ0n) is 15.2. The summed E-state index contributed by atoms with van der Waals surface area (Å²) in [7, 11) is 0. The minimum Gasteiger partial charge on any atom is -0.480 e. The summed E-state index contributed by atoms with van der Waals surface area (Å²) in [6, 6.07) is 1.88. The minimum absolute atomic E-state index is 0. The fourth-order valence-corrected chi connectivity index (χ4v) is 2.92. The molecular weight excluding hydrogens is 403 g/mol. The highest BCUT2D eigenvalue weighted by atomic mass is 35.5. The maximum atomic E-state index is 12.9. The van der Waals surface area contributed by atoms with E-state index >= 15 is 0 Å². The fourth-order valence-electron chi connectivity index (χ4n) is 2.92. The Kier molecular flexibility index (Phi) is 7.83. The number of alkyl halides is 3. The third-order valence-corrected chi connectivity index (χ3v) is 4.21. The number of carboxylic acid groups (broad SMARTS) is 1. The first kappa shape index (κ1) is 23.7. The Morgan fingerprint density at radius 3 is 2.54 bits per heavy atom. The van der Waals surface area contributed by atoms with Gasteiger partial charge in [-0.25, -0.2) is 0 Å². The van der Waals surface area contributed by atoms with Gasteiger partial charge in [0.25, 0.3) is 0 Å². The van der Waals surface area contributed by atoms with E-state index in [1.54, 1.807) is 0 Å². The molecule has 0 saturated heterocycles. The van der Waals surface area contributed by atoms with Gasteiger partial charge in [-0.3, -0.25) is 24.2 Å². The number of fused-ring (bicyclic) bond motifs is 1. The maximum absolute atomic E-state index is 12.9. The number of aliphatic carboxylic acids is 1. The Balaban J connectivity index is 0.00000392. The van der Waals surface area contributed by atoms with Crippen molar-refractivity contribution in [3.8, 4) is 0 Å². The van der Waals surface area contributed by atoms with Crippen molar-refractivity contribution in [2.24, 2.45) is 0 Å². The zero-order chi connectivity index (χ0) is 20.4. The molecule has 0 aromatic heterocycles. The fraction of sp³-hybridized carbons (Fsp3) is 0.471. The minimum atomic E-state index is -4.58. The van der Waals surface area contributed by atoms with Crippen LogP contribution in [0.3, 0.4) is 0 Å². The normalized spacial score (nSPS) is 14.8. The summed E-state index contributed by atoms with van der Waals surface area (Å²) >= 11 is 0. The lowest BCUT2D eigenvalue weighted by atomic mass is 10.1. The molecule has 156 valence electrons. The van der Waals surface area contributed by atoms with E-state index < -0.39 is 35.6 Å². The molecule has 1 aromatic carbocycles. The van der Waals surface area contributed by atoms with E-state index in [9.17, 15) is 27.6 Å². The maximum Gasteiger partial charge on any atom is 0.416 e. The van der Waals surface area contributed by atoms with Gasteiger partial charge in [0.05, 0.1) is 29.5 Å². The molecule has 0 fully saturated rings. The van der Waals surface area contributed by atoms with E-state index in [0.29, 0.717) is 13.0 Å². The molecule has 1 unspecified atom stereocenters. The van der Waals surface area contributed by atoms with Crippen molar-refractivity contribution in [3.63, 3.8) is 0 Å². The monoisotopic (exact) mass is 423 g/mol. The van der Waals surface area contributed by atoms with E-state index in [2.05, 4.69) is 5.32 Å². The highest BCUT2D eigenvalue weighted by molar-refractivity contribution is 6.11. The van der Waals surface area contributed by atoms with Crippen LogP contribution in [0.4, 0.5) is 24.5 Å². The van der Waals surface area contributed by atoms with Crippen LogP contribution in [0, 0.1) is 0 Å². The quantitative estimate of drug-likeness (QED) is 0.734. The van der Waals surface area contributed by atoms with Gasteiger partial charge in [0, 0.05) is 0 Å². The predicted molar refractivity (Wildman–Crippen MR) is 98.6 cm³/mol. The summed E-state index contributed by atoms with van der Waals surface area (Å²) in [5.74, 6) is -2.28. The molecule has 0 spiro atoms. The number of nitrogens with one attached hydrogen (secondary N) is 1. The molecule has 2 rings (SSSR count). The molecule has 2 N–H and O–H groups in total. The summed E-state index contributed by atoms with van der Waals surface area (Å²) in [5.41, 5.74) is -0.907. The van der Waals surface area contributed by atoms with Crippen molar-refractivity contribution < 1.29 is 32.7 Å². The Bertz CT molecular complexity index is 758. The number of hydrogen-bond acceptors (Lipinski definition) is 4. The molecule has 1 aliphatic heterocycles. The number of halogens is 4. The number of carbonyl (C=O) groups is 3. The van der Waals surface area contributed by atoms with Gasteiger partial charge in [-0.05, 0) is 38.1 Å². The van der Waals surface area contributed by atoms with E-state index in [1.807, 2.05) is 6.92 Å². The van der Waals surface area contributed by atoms with Gasteiger partial charge in [-0.2, -0.15) is 13.2 Å². The van der Waals surface area contributed by atoms with E-state index in [-0.39, 0.29) is 36.9 Å². The molecule has 2 amide bonds. The number of carbonyl (C=O) groups excluding carboxylic acids is 2. The Labute approximate surface area is 165 Å². The van der Waals surface area contributed by atoms with Crippen molar-refractivity contribution in [1.82, 2.24) is 4.90 Å². The van der Waals surface area contributed by atoms with E-state index in [0.717, 1.165) is 23.1 Å². The molecule has 0 aliphatic carbocycles. The van der Waals surface area contributed by atoms with Gasteiger partial charge in [0.15, 0.2) is 0 Å². The predicted octanol–water partition coefficient (Wildman–Crippen LogP) is 2.60. The zero-order valence-corrected chi connectivity index (χ0v) is 16.1. The second-order valence-corrected chi connectivity index (χ2v) is 6.24. The second kappa shape index (κ2) is 9.24. The lowest BCUT2D eigenvalue weighted by Crippen LogP contribution is -2.52. The molecule has 0 radical (unpaired) electrons. The number of hydrogen-bond donors (Lipinski definition) is 2. The Morgan fingerprint density at radius 2 is 2.00 bits per heavy atom. The van der Waals surface area contributed by atoms with Gasteiger partial charge >= 0.3 is 12.1 Å². The van der Waals surface area contributed by atoms with Crippen LogP contribution < -0.4 is 10.2 Å². The summed E-state index contributed by atoms with van der Waals surface area (Å²) < 4.78 is 38.7. The Morgan fingerprint density at radius 1 is 1.36 bits per heavy atom. The highest BCUT2D eigenvalue weighted by Gasteiger charge is 2.36. The lowest BCUT2D eigenvalue weighted by molar-refractivity contribution is -0.140. The largest absolute Gasteiger partial charge is 0.480 e. The molecule has 1 atom stereocenters. The molecular formula is C17H21ClF3N3O4. The van der Waals surface area contributed by atoms with Crippen LogP contribution >= 0.6 is 12.4 Å². The molecule has 28 heavy (non-hydrogen) atoms.